The van der Waals surface area contributed by atoms with Crippen LogP contribution in [0.3, 0.4) is 0 Å². The van der Waals surface area contributed by atoms with Crippen LogP contribution in [0.5, 0.6) is 0 Å². The Bertz CT molecular complexity index is 1260. The Hall–Kier alpha value is -4.16. The van der Waals surface area contributed by atoms with Crippen molar-refractivity contribution in [1.82, 2.24) is 31.1 Å². The highest BCUT2D eigenvalue weighted by molar-refractivity contribution is 5.93. The van der Waals surface area contributed by atoms with E-state index in [1.54, 1.807) is 25.7 Å². The van der Waals surface area contributed by atoms with Gasteiger partial charge in [0.25, 0.3) is 0 Å². The van der Waals surface area contributed by atoms with Crippen LogP contribution in [0.1, 0.15) is 72.8 Å². The highest BCUT2D eigenvalue weighted by atomic mass is 16.6. The first-order valence-corrected chi connectivity index (χ1v) is 16.5. The quantitative estimate of drug-likeness (QED) is 0.251. The van der Waals surface area contributed by atoms with E-state index < -0.39 is 48.0 Å². The average Bonchev–Trinajstić information content (AvgIpc) is 2.99. The fraction of sp³-hybridized carbons (Fsp3) is 0.647. The van der Waals surface area contributed by atoms with Gasteiger partial charge in [-0.1, -0.05) is 51.1 Å². The second-order valence-electron chi connectivity index (χ2n) is 14.1. The number of carbonyl (C=O) groups excluding carboxylic acids is 6. The predicted molar refractivity (Wildman–Crippen MR) is 176 cm³/mol. The number of benzene rings is 1. The smallest absolute Gasteiger partial charge is 0.408 e. The first-order valence-electron chi connectivity index (χ1n) is 16.5. The van der Waals surface area contributed by atoms with E-state index in [-0.39, 0.29) is 36.1 Å². The number of ether oxygens (including phenoxy) is 1. The predicted octanol–water partition coefficient (Wildman–Crippen LogP) is 1.75. The zero-order chi connectivity index (χ0) is 34.8. The van der Waals surface area contributed by atoms with E-state index >= 15 is 0 Å². The Balaban J connectivity index is 1.49. The summed E-state index contributed by atoms with van der Waals surface area (Å²) in [7, 11) is 0. The third kappa shape index (κ3) is 11.9. The van der Waals surface area contributed by atoms with Crippen molar-refractivity contribution in [2.45, 2.75) is 91.3 Å². The summed E-state index contributed by atoms with van der Waals surface area (Å²) >= 11 is 0. The number of nitrogens with one attached hydrogen (secondary N) is 4. The minimum Gasteiger partial charge on any atom is -0.444 e. The second kappa shape index (κ2) is 16.6. The number of carbonyl (C=O) groups is 6. The second-order valence-corrected chi connectivity index (χ2v) is 14.1. The summed E-state index contributed by atoms with van der Waals surface area (Å²) in [5, 5.41) is 10.5. The summed E-state index contributed by atoms with van der Waals surface area (Å²) in [6, 6.07) is 7.21. The van der Waals surface area contributed by atoms with E-state index in [0.717, 1.165) is 31.5 Å². The van der Waals surface area contributed by atoms with Gasteiger partial charge in [0.2, 0.25) is 29.5 Å². The van der Waals surface area contributed by atoms with Gasteiger partial charge in [0.05, 0.1) is 13.1 Å². The molecule has 0 radical (unpaired) electrons. The SMILES string of the molecule is CCC(=O)N1CC2(CCN(C(=O)CNC(=O)C(CC(C)C)NC(=O)CNC(=O)C(Cc3ccccc3)NC(=O)OC(C)(C)C)CC2)C1. The molecule has 2 saturated heterocycles. The third-order valence-electron chi connectivity index (χ3n) is 8.37. The van der Waals surface area contributed by atoms with E-state index in [9.17, 15) is 28.8 Å². The van der Waals surface area contributed by atoms with E-state index in [1.807, 2.05) is 56.0 Å². The minimum atomic E-state index is -1.01. The molecule has 4 N–H and O–H groups in total. The zero-order valence-corrected chi connectivity index (χ0v) is 28.6. The molecule has 2 heterocycles. The van der Waals surface area contributed by atoms with Gasteiger partial charge < -0.3 is 35.8 Å². The van der Waals surface area contributed by atoms with Crippen molar-refractivity contribution in [3.8, 4) is 0 Å². The number of hydrogen-bond acceptors (Lipinski definition) is 7. The summed E-state index contributed by atoms with van der Waals surface area (Å²) < 4.78 is 5.31. The summed E-state index contributed by atoms with van der Waals surface area (Å²) in [6.45, 7) is 12.8. The van der Waals surface area contributed by atoms with E-state index in [4.69, 9.17) is 4.74 Å². The maximum absolute atomic E-state index is 13.1. The first kappa shape index (κ1) is 37.3. The number of hydrogen-bond donors (Lipinski definition) is 4. The van der Waals surface area contributed by atoms with Crippen molar-refractivity contribution in [3.05, 3.63) is 35.9 Å². The summed E-state index contributed by atoms with van der Waals surface area (Å²) in [5.74, 6) is -1.63. The van der Waals surface area contributed by atoms with Crippen LogP contribution >= 0.6 is 0 Å². The van der Waals surface area contributed by atoms with Crippen molar-refractivity contribution in [1.29, 1.82) is 0 Å². The van der Waals surface area contributed by atoms with Crippen LogP contribution in [0.4, 0.5) is 4.79 Å². The maximum atomic E-state index is 13.1. The summed E-state index contributed by atoms with van der Waals surface area (Å²) in [5.41, 5.74) is 0.124. The lowest BCUT2D eigenvalue weighted by atomic mass is 9.72. The van der Waals surface area contributed by atoms with Gasteiger partial charge in [0, 0.05) is 44.4 Å². The fourth-order valence-corrected chi connectivity index (χ4v) is 5.86. The number of rotatable bonds is 13. The maximum Gasteiger partial charge on any atom is 0.408 e. The molecule has 2 fully saturated rings. The van der Waals surface area contributed by atoms with Gasteiger partial charge in [0.15, 0.2) is 0 Å². The molecule has 3 rings (SSSR count). The van der Waals surface area contributed by atoms with Gasteiger partial charge in [-0.2, -0.15) is 0 Å². The Morgan fingerprint density at radius 1 is 0.830 bits per heavy atom. The molecule has 2 aliphatic rings. The summed E-state index contributed by atoms with van der Waals surface area (Å²) in [6.07, 6.45) is 1.87. The lowest BCUT2D eigenvalue weighted by Crippen LogP contribution is -2.62. The van der Waals surface area contributed by atoms with Crippen molar-refractivity contribution in [2.75, 3.05) is 39.3 Å². The lowest BCUT2D eigenvalue weighted by molar-refractivity contribution is -0.149. The molecule has 0 aliphatic carbocycles. The van der Waals surface area contributed by atoms with E-state index in [2.05, 4.69) is 21.3 Å². The zero-order valence-electron chi connectivity index (χ0n) is 28.6. The standard InChI is InChI=1S/C34H52N6O7/c1-7-28(42)40-21-34(22-40)13-15-39(16-14-34)29(43)20-36-30(44)25(17-23(2)3)37-27(41)19-35-31(45)26(18-24-11-9-8-10-12-24)38-32(46)47-33(4,5)6/h8-12,23,25-26H,7,13-22H2,1-6H3,(H,35,45)(H,36,44)(H,37,41)(H,38,46). The number of amides is 6. The fourth-order valence-electron chi connectivity index (χ4n) is 5.86. The third-order valence-corrected chi connectivity index (χ3v) is 8.37. The highest BCUT2D eigenvalue weighted by Crippen LogP contribution is 2.40. The van der Waals surface area contributed by atoms with Crippen molar-refractivity contribution >= 4 is 35.6 Å². The molecule has 47 heavy (non-hydrogen) atoms. The molecule has 6 amide bonds. The molecular formula is C34H52N6O7. The van der Waals surface area contributed by atoms with Crippen LogP contribution in [0.2, 0.25) is 0 Å². The molecule has 0 bridgehead atoms. The topological polar surface area (TPSA) is 166 Å². The van der Waals surface area contributed by atoms with Crippen LogP contribution in [-0.2, 0) is 35.1 Å². The molecule has 2 unspecified atom stereocenters. The van der Waals surface area contributed by atoms with Crippen LogP contribution in [-0.4, -0.2) is 102 Å². The Kier molecular flexibility index (Phi) is 13.2. The van der Waals surface area contributed by atoms with Gasteiger partial charge in [-0.3, -0.25) is 24.0 Å². The molecule has 0 saturated carbocycles. The Morgan fingerprint density at radius 2 is 1.43 bits per heavy atom. The Labute approximate surface area is 277 Å². The molecule has 1 spiro atoms. The van der Waals surface area contributed by atoms with Gasteiger partial charge in [-0.05, 0) is 51.5 Å². The van der Waals surface area contributed by atoms with Gasteiger partial charge in [-0.25, -0.2) is 4.79 Å². The molecule has 2 aliphatic heterocycles. The van der Waals surface area contributed by atoms with Crippen molar-refractivity contribution in [3.63, 3.8) is 0 Å². The van der Waals surface area contributed by atoms with Crippen LogP contribution in [0.15, 0.2) is 30.3 Å². The summed E-state index contributed by atoms with van der Waals surface area (Å²) in [4.78, 5) is 79.9. The van der Waals surface area contributed by atoms with Gasteiger partial charge in [-0.15, -0.1) is 0 Å². The number of piperidine rings is 1. The van der Waals surface area contributed by atoms with Crippen LogP contribution in [0, 0.1) is 11.3 Å². The molecule has 260 valence electrons. The van der Waals surface area contributed by atoms with Crippen LogP contribution < -0.4 is 21.3 Å². The minimum absolute atomic E-state index is 0.0598. The molecule has 0 aromatic heterocycles. The van der Waals surface area contributed by atoms with Gasteiger partial charge in [0.1, 0.15) is 17.7 Å². The van der Waals surface area contributed by atoms with Crippen LogP contribution in [0.25, 0.3) is 0 Å². The normalized spacial score (nSPS) is 16.8. The molecule has 13 heteroatoms. The first-order chi connectivity index (χ1) is 22.1. The lowest BCUT2D eigenvalue weighted by Gasteiger charge is -2.54. The van der Waals surface area contributed by atoms with Crippen molar-refractivity contribution < 1.29 is 33.5 Å². The molecule has 13 nitrogen and oxygen atoms in total. The molecule has 2 atom stereocenters. The average molecular weight is 657 g/mol. The van der Waals surface area contributed by atoms with Crippen molar-refractivity contribution in [2.24, 2.45) is 11.3 Å². The van der Waals surface area contributed by atoms with E-state index in [0.29, 0.717) is 25.9 Å². The van der Waals surface area contributed by atoms with Gasteiger partial charge >= 0.3 is 6.09 Å². The molecule has 1 aromatic carbocycles. The largest absolute Gasteiger partial charge is 0.444 e. The molecule has 1 aromatic rings. The molecular weight excluding hydrogens is 604 g/mol. The number of alkyl carbamates (subject to hydrolysis) is 1. The number of nitrogens with zero attached hydrogens (tertiary/aromatic N) is 2. The number of likely N-dealkylation sites (tertiary alicyclic amines) is 2. The monoisotopic (exact) mass is 656 g/mol. The Morgan fingerprint density at radius 3 is 2.00 bits per heavy atom. The van der Waals surface area contributed by atoms with E-state index in [1.165, 1.54) is 0 Å². The highest BCUT2D eigenvalue weighted by Gasteiger charge is 2.46.